The van der Waals surface area contributed by atoms with Gasteiger partial charge in [-0.25, -0.2) is 0 Å². The topological polar surface area (TPSA) is 56.8 Å². The second-order valence-corrected chi connectivity index (χ2v) is 7.66. The summed E-state index contributed by atoms with van der Waals surface area (Å²) in [5.74, 6) is 1.67. The average molecular weight is 432 g/mol. The average Bonchev–Trinajstić information content (AvgIpc) is 3.22. The van der Waals surface area contributed by atoms with Gasteiger partial charge in [0, 0.05) is 23.1 Å². The Morgan fingerprint density at radius 3 is 2.74 bits per heavy atom. The van der Waals surface area contributed by atoms with Gasteiger partial charge in [-0.15, -0.1) is 0 Å². The van der Waals surface area contributed by atoms with Crippen molar-refractivity contribution in [2.75, 3.05) is 20.3 Å². The third kappa shape index (κ3) is 3.44. The van der Waals surface area contributed by atoms with Crippen LogP contribution in [0.4, 0.5) is 0 Å². The van der Waals surface area contributed by atoms with E-state index in [4.69, 9.17) is 14.2 Å². The molecule has 1 heterocycles. The van der Waals surface area contributed by atoms with Crippen LogP contribution in [-0.2, 0) is 9.53 Å². The van der Waals surface area contributed by atoms with Crippen LogP contribution in [0.3, 0.4) is 0 Å². The molecule has 1 aliphatic heterocycles. The lowest BCUT2D eigenvalue weighted by Gasteiger charge is -2.19. The van der Waals surface area contributed by atoms with Crippen LogP contribution in [0.2, 0.25) is 0 Å². The molecule has 0 spiro atoms. The third-order valence-corrected chi connectivity index (χ3v) is 5.80. The minimum Gasteiger partial charge on any atom is -0.494 e. The molecule has 5 nitrogen and oxygen atoms in total. The Labute approximate surface area is 167 Å². The van der Waals surface area contributed by atoms with Gasteiger partial charge >= 0.3 is 0 Å². The van der Waals surface area contributed by atoms with Crippen molar-refractivity contribution < 1.29 is 19.0 Å². The van der Waals surface area contributed by atoms with Gasteiger partial charge in [-0.1, -0.05) is 34.1 Å². The van der Waals surface area contributed by atoms with E-state index < -0.39 is 0 Å². The molecular weight excluding hydrogens is 410 g/mol. The van der Waals surface area contributed by atoms with Gasteiger partial charge < -0.3 is 19.5 Å². The Balaban J connectivity index is 1.46. The lowest BCUT2D eigenvalue weighted by molar-refractivity contribution is -0.124. The number of methoxy groups -OCH3 is 1. The molecule has 1 saturated carbocycles. The van der Waals surface area contributed by atoms with E-state index in [1.807, 2.05) is 49.4 Å². The monoisotopic (exact) mass is 431 g/mol. The molecule has 0 saturated heterocycles. The van der Waals surface area contributed by atoms with E-state index in [2.05, 4.69) is 21.2 Å². The number of rotatable bonds is 7. The molecule has 6 heteroatoms. The second kappa shape index (κ2) is 7.52. The fourth-order valence-electron chi connectivity index (χ4n) is 3.79. The summed E-state index contributed by atoms with van der Waals surface area (Å²) in [5, 5.41) is 3.13. The van der Waals surface area contributed by atoms with Crippen molar-refractivity contribution in [3.8, 4) is 11.5 Å². The number of benzene rings is 2. The zero-order chi connectivity index (χ0) is 19.0. The van der Waals surface area contributed by atoms with Gasteiger partial charge in [-0.05, 0) is 36.8 Å². The smallest absolute Gasteiger partial charge is 0.228 e. The Hall–Kier alpha value is -2.05. The third-order valence-electron chi connectivity index (χ3n) is 5.11. The number of carbonyl (C=O) groups excluding carboxylic acids is 1. The number of carbonyl (C=O) groups is 1. The standard InChI is InChI=1S/C21H22BrNO4/c1-3-26-13-9-7-12(8-10-13)15(11-25-2)23-21(24)19-18-17-14(22)5-4-6-16(17)27-20(18)19/h4-10,15,18-20H,3,11H2,1-2H3,(H,23,24)/t15-,18?,19+,20?/m0/s1. The summed E-state index contributed by atoms with van der Waals surface area (Å²) in [7, 11) is 1.63. The molecule has 0 radical (unpaired) electrons. The summed E-state index contributed by atoms with van der Waals surface area (Å²) in [6, 6.07) is 13.4. The highest BCUT2D eigenvalue weighted by Crippen LogP contribution is 2.60. The van der Waals surface area contributed by atoms with E-state index in [0.29, 0.717) is 13.2 Å². The first kappa shape index (κ1) is 18.3. The van der Waals surface area contributed by atoms with Crippen molar-refractivity contribution in [3.63, 3.8) is 0 Å². The highest BCUT2D eigenvalue weighted by molar-refractivity contribution is 9.10. The van der Waals surface area contributed by atoms with E-state index in [1.54, 1.807) is 7.11 Å². The van der Waals surface area contributed by atoms with Crippen LogP contribution in [0.1, 0.15) is 30.0 Å². The van der Waals surface area contributed by atoms with Crippen LogP contribution in [0, 0.1) is 5.92 Å². The number of halogens is 1. The molecule has 27 heavy (non-hydrogen) atoms. The molecule has 4 atom stereocenters. The maximum atomic E-state index is 12.9. The largest absolute Gasteiger partial charge is 0.494 e. The van der Waals surface area contributed by atoms with E-state index >= 15 is 0 Å². The van der Waals surface area contributed by atoms with Crippen molar-refractivity contribution in [1.82, 2.24) is 5.32 Å². The molecule has 1 N–H and O–H groups in total. The molecule has 1 amide bonds. The number of hydrogen-bond donors (Lipinski definition) is 1. The summed E-state index contributed by atoms with van der Waals surface area (Å²) >= 11 is 3.58. The highest BCUT2D eigenvalue weighted by Gasteiger charge is 2.63. The van der Waals surface area contributed by atoms with Gasteiger partial charge in [-0.2, -0.15) is 0 Å². The quantitative estimate of drug-likeness (QED) is 0.723. The lowest BCUT2D eigenvalue weighted by Crippen LogP contribution is -2.34. The minimum atomic E-state index is -0.210. The van der Waals surface area contributed by atoms with Crippen LogP contribution in [0.25, 0.3) is 0 Å². The fraction of sp³-hybridized carbons (Fsp3) is 0.381. The van der Waals surface area contributed by atoms with Gasteiger partial charge in [0.2, 0.25) is 5.91 Å². The first-order valence-corrected chi connectivity index (χ1v) is 9.90. The fourth-order valence-corrected chi connectivity index (χ4v) is 4.41. The normalized spacial score (nSPS) is 23.0. The Morgan fingerprint density at radius 2 is 2.04 bits per heavy atom. The molecule has 4 rings (SSSR count). The van der Waals surface area contributed by atoms with Crippen molar-refractivity contribution in [1.29, 1.82) is 0 Å². The molecule has 1 aliphatic carbocycles. The first-order chi connectivity index (χ1) is 13.1. The van der Waals surface area contributed by atoms with Gasteiger partial charge in [0.25, 0.3) is 0 Å². The van der Waals surface area contributed by atoms with Crippen LogP contribution < -0.4 is 14.8 Å². The molecule has 2 unspecified atom stereocenters. The zero-order valence-electron chi connectivity index (χ0n) is 15.3. The molecule has 2 aromatic rings. The van der Waals surface area contributed by atoms with Crippen molar-refractivity contribution in [3.05, 3.63) is 58.1 Å². The van der Waals surface area contributed by atoms with Crippen molar-refractivity contribution in [2.24, 2.45) is 5.92 Å². The highest BCUT2D eigenvalue weighted by atomic mass is 79.9. The maximum absolute atomic E-state index is 12.9. The molecule has 0 bridgehead atoms. The van der Waals surface area contributed by atoms with Crippen molar-refractivity contribution >= 4 is 21.8 Å². The van der Waals surface area contributed by atoms with Crippen LogP contribution >= 0.6 is 15.9 Å². The molecule has 1 fully saturated rings. The van der Waals surface area contributed by atoms with Gasteiger partial charge in [0.1, 0.15) is 17.6 Å². The predicted octanol–water partition coefficient (Wildman–Crippen LogP) is 3.83. The van der Waals surface area contributed by atoms with Gasteiger partial charge in [-0.3, -0.25) is 4.79 Å². The first-order valence-electron chi connectivity index (χ1n) is 9.11. The summed E-state index contributed by atoms with van der Waals surface area (Å²) in [6.07, 6.45) is -0.0674. The molecule has 2 aromatic carbocycles. The van der Waals surface area contributed by atoms with Gasteiger partial charge in [0.15, 0.2) is 0 Å². The number of ether oxygens (including phenoxy) is 3. The van der Waals surface area contributed by atoms with E-state index in [9.17, 15) is 4.79 Å². The maximum Gasteiger partial charge on any atom is 0.228 e. The summed E-state index contributed by atoms with van der Waals surface area (Å²) < 4.78 is 17.8. The zero-order valence-corrected chi connectivity index (χ0v) is 16.9. The second-order valence-electron chi connectivity index (χ2n) is 6.80. The lowest BCUT2D eigenvalue weighted by atomic mass is 10.1. The molecule has 2 aliphatic rings. The Kier molecular flexibility index (Phi) is 5.10. The van der Waals surface area contributed by atoms with E-state index in [-0.39, 0.29) is 29.9 Å². The number of amides is 1. The molecular formula is C21H22BrNO4. The molecule has 142 valence electrons. The summed E-state index contributed by atoms with van der Waals surface area (Å²) in [5.41, 5.74) is 2.09. The molecule has 0 aromatic heterocycles. The SMILES string of the molecule is CCOc1ccc([C@H](COC)NC(=O)[C@H]2C3Oc4cccc(Br)c4C32)cc1. The van der Waals surface area contributed by atoms with E-state index in [0.717, 1.165) is 27.1 Å². The predicted molar refractivity (Wildman–Crippen MR) is 105 cm³/mol. The van der Waals surface area contributed by atoms with E-state index in [1.165, 1.54) is 0 Å². The minimum absolute atomic E-state index is 0.00216. The van der Waals surface area contributed by atoms with Crippen LogP contribution in [-0.4, -0.2) is 32.3 Å². The van der Waals surface area contributed by atoms with Gasteiger partial charge in [0.05, 0.1) is 25.2 Å². The number of hydrogen-bond acceptors (Lipinski definition) is 4. The Morgan fingerprint density at radius 1 is 1.26 bits per heavy atom. The number of nitrogens with one attached hydrogen (secondary N) is 1. The Bertz CT molecular complexity index is 839. The number of fused-ring (bicyclic) bond motifs is 3. The van der Waals surface area contributed by atoms with Crippen molar-refractivity contribution in [2.45, 2.75) is 25.0 Å². The summed E-state index contributed by atoms with van der Waals surface area (Å²) in [4.78, 5) is 12.9. The van der Waals surface area contributed by atoms with Crippen LogP contribution in [0.5, 0.6) is 11.5 Å². The van der Waals surface area contributed by atoms with Crippen LogP contribution in [0.15, 0.2) is 46.9 Å². The summed E-state index contributed by atoms with van der Waals surface area (Å²) in [6.45, 7) is 2.98.